The molecule has 1 rings (SSSR count). The van der Waals surface area contributed by atoms with Crippen LogP contribution in [-0.4, -0.2) is 0 Å². The van der Waals surface area contributed by atoms with E-state index in [1.807, 2.05) is 0 Å². The minimum atomic E-state index is 1.25. The Morgan fingerprint density at radius 2 is 1.62 bits per heavy atom. The van der Waals surface area contributed by atoms with E-state index in [9.17, 15) is 0 Å². The molecule has 1 aromatic rings. The first-order valence-electron chi connectivity index (χ1n) is 5.38. The van der Waals surface area contributed by atoms with E-state index in [2.05, 4.69) is 38.1 Å². The fourth-order valence-corrected chi connectivity index (χ4v) is 1.51. The lowest BCUT2D eigenvalue weighted by atomic mass is 10.1. The second-order valence-electron chi connectivity index (χ2n) is 3.80. The summed E-state index contributed by atoms with van der Waals surface area (Å²) in [5.74, 6) is 0. The highest BCUT2D eigenvalue weighted by Gasteiger charge is 1.92. The van der Waals surface area contributed by atoms with Gasteiger partial charge in [-0.1, -0.05) is 56.0 Å². The summed E-state index contributed by atoms with van der Waals surface area (Å²) in [5, 5.41) is 0. The van der Waals surface area contributed by atoms with Crippen molar-refractivity contribution in [3.63, 3.8) is 0 Å². The maximum Gasteiger partial charge on any atom is -0.0279 e. The molecule has 0 unspecified atom stereocenters. The van der Waals surface area contributed by atoms with Gasteiger partial charge in [-0.05, 0) is 25.3 Å². The standard InChI is InChI=1S/C13H20/c1-3-4-5-6-7-13-10-8-12(2)9-11-13/h8-11H,3-7H2,1-2H3. The average Bonchev–Trinajstić information content (AvgIpc) is 2.15. The lowest BCUT2D eigenvalue weighted by molar-refractivity contribution is 0.667. The molecule has 0 nitrogen and oxygen atoms in total. The first-order valence-corrected chi connectivity index (χ1v) is 5.38. The van der Waals surface area contributed by atoms with E-state index in [1.165, 1.54) is 43.2 Å². The lowest BCUT2D eigenvalue weighted by Gasteiger charge is -2.01. The van der Waals surface area contributed by atoms with Crippen molar-refractivity contribution in [2.45, 2.75) is 46.0 Å². The first kappa shape index (κ1) is 10.3. The predicted molar refractivity (Wildman–Crippen MR) is 59.0 cm³/mol. The van der Waals surface area contributed by atoms with Crippen molar-refractivity contribution in [1.29, 1.82) is 0 Å². The fraction of sp³-hybridized carbons (Fsp3) is 0.538. The van der Waals surface area contributed by atoms with Crippen LogP contribution < -0.4 is 0 Å². The van der Waals surface area contributed by atoms with Gasteiger partial charge in [0.25, 0.3) is 0 Å². The monoisotopic (exact) mass is 176 g/mol. The Labute approximate surface area is 82.0 Å². The minimum Gasteiger partial charge on any atom is -0.0654 e. The molecule has 0 aliphatic rings. The van der Waals surface area contributed by atoms with Gasteiger partial charge in [0, 0.05) is 0 Å². The molecule has 0 aromatic heterocycles. The third-order valence-corrected chi connectivity index (χ3v) is 2.44. The highest BCUT2D eigenvalue weighted by molar-refractivity contribution is 5.21. The van der Waals surface area contributed by atoms with Crippen molar-refractivity contribution in [3.05, 3.63) is 35.4 Å². The molecular formula is C13H20. The van der Waals surface area contributed by atoms with Crippen molar-refractivity contribution in [2.24, 2.45) is 0 Å². The van der Waals surface area contributed by atoms with Crippen molar-refractivity contribution >= 4 is 0 Å². The molecule has 0 saturated carbocycles. The molecule has 0 saturated heterocycles. The Morgan fingerprint density at radius 1 is 0.923 bits per heavy atom. The number of hydrogen-bond acceptors (Lipinski definition) is 0. The van der Waals surface area contributed by atoms with Crippen molar-refractivity contribution in [1.82, 2.24) is 0 Å². The Hall–Kier alpha value is -0.780. The van der Waals surface area contributed by atoms with E-state index in [0.29, 0.717) is 0 Å². The topological polar surface area (TPSA) is 0 Å². The summed E-state index contributed by atoms with van der Waals surface area (Å²) in [6.45, 7) is 4.40. The van der Waals surface area contributed by atoms with Gasteiger partial charge in [-0.3, -0.25) is 0 Å². The molecule has 0 aliphatic heterocycles. The van der Waals surface area contributed by atoms with Crippen LogP contribution in [0.25, 0.3) is 0 Å². The zero-order valence-corrected chi connectivity index (χ0v) is 8.84. The molecule has 0 heteroatoms. The van der Waals surface area contributed by atoms with Gasteiger partial charge >= 0.3 is 0 Å². The van der Waals surface area contributed by atoms with Gasteiger partial charge in [-0.25, -0.2) is 0 Å². The van der Waals surface area contributed by atoms with Crippen LogP contribution in [0.3, 0.4) is 0 Å². The lowest BCUT2D eigenvalue weighted by Crippen LogP contribution is -1.85. The van der Waals surface area contributed by atoms with Gasteiger partial charge in [0.2, 0.25) is 0 Å². The van der Waals surface area contributed by atoms with E-state index in [4.69, 9.17) is 0 Å². The molecule has 0 spiro atoms. The van der Waals surface area contributed by atoms with Crippen LogP contribution in [0, 0.1) is 6.92 Å². The van der Waals surface area contributed by atoms with Gasteiger partial charge in [0.1, 0.15) is 0 Å². The number of unbranched alkanes of at least 4 members (excludes halogenated alkanes) is 3. The molecular weight excluding hydrogens is 156 g/mol. The van der Waals surface area contributed by atoms with Crippen LogP contribution in [0.5, 0.6) is 0 Å². The Kier molecular flexibility index (Phi) is 4.59. The molecule has 0 atom stereocenters. The summed E-state index contributed by atoms with van der Waals surface area (Å²) in [6.07, 6.45) is 6.68. The normalized spacial score (nSPS) is 10.3. The summed E-state index contributed by atoms with van der Waals surface area (Å²) in [5.41, 5.74) is 2.85. The molecule has 72 valence electrons. The van der Waals surface area contributed by atoms with Crippen LogP contribution in [0.15, 0.2) is 24.3 Å². The van der Waals surface area contributed by atoms with Crippen LogP contribution in [0.1, 0.15) is 43.7 Å². The van der Waals surface area contributed by atoms with E-state index < -0.39 is 0 Å². The number of hydrogen-bond donors (Lipinski definition) is 0. The maximum absolute atomic E-state index is 2.26. The molecule has 0 amide bonds. The number of aryl methyl sites for hydroxylation is 2. The van der Waals surface area contributed by atoms with Gasteiger partial charge in [0.15, 0.2) is 0 Å². The fourth-order valence-electron chi connectivity index (χ4n) is 1.51. The minimum absolute atomic E-state index is 1.25. The molecule has 0 radical (unpaired) electrons. The highest BCUT2D eigenvalue weighted by atomic mass is 14.0. The summed E-state index contributed by atoms with van der Waals surface area (Å²) < 4.78 is 0. The summed E-state index contributed by atoms with van der Waals surface area (Å²) in [6, 6.07) is 8.91. The third-order valence-electron chi connectivity index (χ3n) is 2.44. The zero-order valence-electron chi connectivity index (χ0n) is 8.84. The molecule has 0 fully saturated rings. The van der Waals surface area contributed by atoms with Crippen LogP contribution >= 0.6 is 0 Å². The van der Waals surface area contributed by atoms with E-state index >= 15 is 0 Å². The average molecular weight is 176 g/mol. The van der Waals surface area contributed by atoms with Crippen LogP contribution in [0.2, 0.25) is 0 Å². The van der Waals surface area contributed by atoms with E-state index in [0.717, 1.165) is 0 Å². The first-order chi connectivity index (χ1) is 6.33. The van der Waals surface area contributed by atoms with Crippen LogP contribution in [-0.2, 0) is 6.42 Å². The second-order valence-corrected chi connectivity index (χ2v) is 3.80. The quantitative estimate of drug-likeness (QED) is 0.592. The summed E-state index contributed by atoms with van der Waals surface area (Å²) in [7, 11) is 0. The smallest absolute Gasteiger partial charge is 0.0279 e. The SMILES string of the molecule is CCCCCCc1ccc(C)cc1. The van der Waals surface area contributed by atoms with Crippen molar-refractivity contribution in [3.8, 4) is 0 Å². The number of benzene rings is 1. The molecule has 1 aromatic carbocycles. The van der Waals surface area contributed by atoms with Gasteiger partial charge in [-0.15, -0.1) is 0 Å². The maximum atomic E-state index is 2.26. The van der Waals surface area contributed by atoms with Gasteiger partial charge in [-0.2, -0.15) is 0 Å². The summed E-state index contributed by atoms with van der Waals surface area (Å²) >= 11 is 0. The number of rotatable bonds is 5. The zero-order chi connectivity index (χ0) is 9.52. The molecule has 0 aliphatic carbocycles. The van der Waals surface area contributed by atoms with E-state index in [1.54, 1.807) is 0 Å². The highest BCUT2D eigenvalue weighted by Crippen LogP contribution is 2.08. The van der Waals surface area contributed by atoms with Gasteiger partial charge < -0.3 is 0 Å². The van der Waals surface area contributed by atoms with Gasteiger partial charge in [0.05, 0.1) is 0 Å². The second kappa shape index (κ2) is 5.80. The predicted octanol–water partition coefficient (Wildman–Crippen LogP) is 4.12. The molecule has 13 heavy (non-hydrogen) atoms. The molecule has 0 heterocycles. The van der Waals surface area contributed by atoms with Crippen molar-refractivity contribution < 1.29 is 0 Å². The molecule has 0 N–H and O–H groups in total. The van der Waals surface area contributed by atoms with E-state index in [-0.39, 0.29) is 0 Å². The Morgan fingerprint density at radius 3 is 2.23 bits per heavy atom. The molecule has 0 bridgehead atoms. The third kappa shape index (κ3) is 4.12. The largest absolute Gasteiger partial charge is 0.0654 e. The Balaban J connectivity index is 2.25. The van der Waals surface area contributed by atoms with Crippen molar-refractivity contribution in [2.75, 3.05) is 0 Å². The Bertz CT molecular complexity index is 220. The summed E-state index contributed by atoms with van der Waals surface area (Å²) in [4.78, 5) is 0. The van der Waals surface area contributed by atoms with Crippen LogP contribution in [0.4, 0.5) is 0 Å².